The van der Waals surface area contributed by atoms with Gasteiger partial charge in [0.2, 0.25) is 5.12 Å². The number of carbonyl (C=O) groups is 1. The van der Waals surface area contributed by atoms with Crippen LogP contribution in [0.3, 0.4) is 0 Å². The first-order chi connectivity index (χ1) is 8.16. The van der Waals surface area contributed by atoms with E-state index in [1.807, 2.05) is 43.3 Å². The summed E-state index contributed by atoms with van der Waals surface area (Å²) in [5.41, 5.74) is 1.74. The first kappa shape index (κ1) is 12.2. The summed E-state index contributed by atoms with van der Waals surface area (Å²) in [4.78, 5) is 12.9. The van der Waals surface area contributed by atoms with Gasteiger partial charge in [-0.15, -0.1) is 0 Å². The number of aryl methyl sites for hydroxylation is 1. The monoisotopic (exact) mass is 262 g/mol. The Kier molecular flexibility index (Phi) is 3.87. The molecule has 0 spiro atoms. The van der Waals surface area contributed by atoms with E-state index in [2.05, 4.69) is 0 Å². The Labute approximate surface area is 110 Å². The average molecular weight is 263 g/mol. The molecule has 0 saturated heterocycles. The van der Waals surface area contributed by atoms with Gasteiger partial charge in [0.25, 0.3) is 0 Å². The molecule has 2 rings (SSSR count). The second kappa shape index (κ2) is 5.39. The van der Waals surface area contributed by atoms with Crippen molar-refractivity contribution in [3.05, 3.63) is 64.7 Å². The third kappa shape index (κ3) is 3.11. The number of carbonyl (C=O) groups excluding carboxylic acids is 1. The molecule has 0 bridgehead atoms. The third-order valence-corrected chi connectivity index (χ3v) is 3.57. The van der Waals surface area contributed by atoms with Crippen molar-refractivity contribution in [3.63, 3.8) is 0 Å². The first-order valence-electron chi connectivity index (χ1n) is 5.20. The molecule has 0 aromatic heterocycles. The van der Waals surface area contributed by atoms with E-state index in [4.69, 9.17) is 11.6 Å². The second-order valence-electron chi connectivity index (χ2n) is 3.68. The number of thioether (sulfide) groups is 1. The fourth-order valence-corrected chi connectivity index (χ4v) is 2.45. The molecule has 17 heavy (non-hydrogen) atoms. The predicted octanol–water partition coefficient (Wildman–Crippen LogP) is 4.58. The van der Waals surface area contributed by atoms with Crippen LogP contribution in [0.1, 0.15) is 15.9 Å². The second-order valence-corrected chi connectivity index (χ2v) is 5.14. The maximum Gasteiger partial charge on any atom is 0.225 e. The van der Waals surface area contributed by atoms with E-state index in [9.17, 15) is 4.79 Å². The minimum Gasteiger partial charge on any atom is -0.281 e. The van der Waals surface area contributed by atoms with E-state index in [1.165, 1.54) is 17.3 Å². The van der Waals surface area contributed by atoms with Crippen LogP contribution in [0.5, 0.6) is 0 Å². The topological polar surface area (TPSA) is 17.1 Å². The van der Waals surface area contributed by atoms with Gasteiger partial charge in [-0.25, -0.2) is 0 Å². The van der Waals surface area contributed by atoms with Gasteiger partial charge in [0.15, 0.2) is 0 Å². The fraction of sp³-hybridized carbons (Fsp3) is 0.0714. The molecule has 0 aliphatic rings. The van der Waals surface area contributed by atoms with E-state index in [1.54, 1.807) is 12.1 Å². The number of rotatable bonds is 2. The average Bonchev–Trinajstić information content (AvgIpc) is 2.32. The zero-order chi connectivity index (χ0) is 12.3. The van der Waals surface area contributed by atoms with Crippen LogP contribution < -0.4 is 0 Å². The third-order valence-electron chi connectivity index (χ3n) is 2.33. The molecular weight excluding hydrogens is 252 g/mol. The molecule has 0 atom stereocenters. The molecular formula is C14H11ClOS. The lowest BCUT2D eigenvalue weighted by molar-refractivity contribution is 0.108. The number of hydrogen-bond donors (Lipinski definition) is 0. The molecule has 86 valence electrons. The Morgan fingerprint density at radius 3 is 2.35 bits per heavy atom. The van der Waals surface area contributed by atoms with E-state index in [0.717, 1.165) is 4.90 Å². The van der Waals surface area contributed by atoms with Gasteiger partial charge in [0, 0.05) is 10.5 Å². The van der Waals surface area contributed by atoms with Gasteiger partial charge >= 0.3 is 0 Å². The van der Waals surface area contributed by atoms with E-state index < -0.39 is 0 Å². The summed E-state index contributed by atoms with van der Waals surface area (Å²) in [5.74, 6) is 0. The van der Waals surface area contributed by atoms with Crippen molar-refractivity contribution in [3.8, 4) is 0 Å². The minimum absolute atomic E-state index is 0.0283. The summed E-state index contributed by atoms with van der Waals surface area (Å²) in [6, 6.07) is 15.0. The zero-order valence-electron chi connectivity index (χ0n) is 9.31. The smallest absolute Gasteiger partial charge is 0.225 e. The lowest BCUT2D eigenvalue weighted by Crippen LogP contribution is -1.93. The van der Waals surface area contributed by atoms with Crippen molar-refractivity contribution >= 4 is 28.5 Å². The summed E-state index contributed by atoms with van der Waals surface area (Å²) in [7, 11) is 0. The standard InChI is InChI=1S/C14H11ClOS/c1-10-6-8-11(9-7-10)17-14(16)12-4-2-3-5-13(12)15/h2-9H,1H3. The Morgan fingerprint density at radius 2 is 1.71 bits per heavy atom. The van der Waals surface area contributed by atoms with Crippen LogP contribution >= 0.6 is 23.4 Å². The molecule has 0 unspecified atom stereocenters. The molecule has 0 saturated carbocycles. The molecule has 1 nitrogen and oxygen atoms in total. The van der Waals surface area contributed by atoms with Crippen molar-refractivity contribution in [1.82, 2.24) is 0 Å². The molecule has 2 aromatic carbocycles. The highest BCUT2D eigenvalue weighted by atomic mass is 35.5. The number of hydrogen-bond acceptors (Lipinski definition) is 2. The van der Waals surface area contributed by atoms with Crippen molar-refractivity contribution in [1.29, 1.82) is 0 Å². The highest BCUT2D eigenvalue weighted by Gasteiger charge is 2.10. The number of benzene rings is 2. The SMILES string of the molecule is Cc1ccc(SC(=O)c2ccccc2Cl)cc1. The molecule has 0 radical (unpaired) electrons. The van der Waals surface area contributed by atoms with Crippen molar-refractivity contribution in [2.45, 2.75) is 11.8 Å². The Hall–Kier alpha value is -1.25. The van der Waals surface area contributed by atoms with Crippen LogP contribution in [0.25, 0.3) is 0 Å². The zero-order valence-corrected chi connectivity index (χ0v) is 10.9. The predicted molar refractivity (Wildman–Crippen MR) is 72.8 cm³/mol. The maximum absolute atomic E-state index is 12.0. The van der Waals surface area contributed by atoms with E-state index in [0.29, 0.717) is 10.6 Å². The minimum atomic E-state index is -0.0283. The van der Waals surface area contributed by atoms with Gasteiger partial charge in [-0.05, 0) is 43.0 Å². The van der Waals surface area contributed by atoms with E-state index >= 15 is 0 Å². The van der Waals surface area contributed by atoms with E-state index in [-0.39, 0.29) is 5.12 Å². The summed E-state index contributed by atoms with van der Waals surface area (Å²) in [6.45, 7) is 2.02. The largest absolute Gasteiger partial charge is 0.281 e. The molecule has 0 heterocycles. The molecule has 0 N–H and O–H groups in total. The maximum atomic E-state index is 12.0. The van der Waals surface area contributed by atoms with Gasteiger partial charge < -0.3 is 0 Å². The van der Waals surface area contributed by atoms with Gasteiger partial charge in [-0.2, -0.15) is 0 Å². The van der Waals surface area contributed by atoms with Crippen molar-refractivity contribution in [2.75, 3.05) is 0 Å². The van der Waals surface area contributed by atoms with Gasteiger partial charge in [-0.1, -0.05) is 41.4 Å². The van der Waals surface area contributed by atoms with Gasteiger partial charge in [0.05, 0.1) is 5.02 Å². The lowest BCUT2D eigenvalue weighted by atomic mass is 10.2. The summed E-state index contributed by atoms with van der Waals surface area (Å²) in [5, 5.41) is 0.469. The highest BCUT2D eigenvalue weighted by Crippen LogP contribution is 2.26. The fourth-order valence-electron chi connectivity index (χ4n) is 1.40. The van der Waals surface area contributed by atoms with Crippen LogP contribution in [-0.4, -0.2) is 5.12 Å². The normalized spacial score (nSPS) is 10.2. The van der Waals surface area contributed by atoms with Crippen LogP contribution in [0.2, 0.25) is 5.02 Å². The molecule has 2 aromatic rings. The lowest BCUT2D eigenvalue weighted by Gasteiger charge is -2.03. The van der Waals surface area contributed by atoms with Crippen LogP contribution in [0.4, 0.5) is 0 Å². The molecule has 3 heteroatoms. The first-order valence-corrected chi connectivity index (χ1v) is 6.39. The summed E-state index contributed by atoms with van der Waals surface area (Å²) in [6.07, 6.45) is 0. The molecule has 0 fully saturated rings. The van der Waals surface area contributed by atoms with Gasteiger partial charge in [0.1, 0.15) is 0 Å². The Bertz CT molecular complexity index is 534. The van der Waals surface area contributed by atoms with Crippen molar-refractivity contribution < 1.29 is 4.79 Å². The van der Waals surface area contributed by atoms with Gasteiger partial charge in [-0.3, -0.25) is 4.79 Å². The number of halogens is 1. The van der Waals surface area contributed by atoms with Crippen molar-refractivity contribution in [2.24, 2.45) is 0 Å². The summed E-state index contributed by atoms with van der Waals surface area (Å²) < 4.78 is 0. The Balaban J connectivity index is 2.17. The highest BCUT2D eigenvalue weighted by molar-refractivity contribution is 8.14. The van der Waals surface area contributed by atoms with Crippen LogP contribution in [0.15, 0.2) is 53.4 Å². The summed E-state index contributed by atoms with van der Waals surface area (Å²) >= 11 is 7.17. The molecule has 0 aliphatic heterocycles. The molecule has 0 amide bonds. The quantitative estimate of drug-likeness (QED) is 0.737. The van der Waals surface area contributed by atoms with Crippen LogP contribution in [-0.2, 0) is 0 Å². The molecule has 0 aliphatic carbocycles. The van der Waals surface area contributed by atoms with Crippen LogP contribution in [0, 0.1) is 6.92 Å². The Morgan fingerprint density at radius 1 is 1.06 bits per heavy atom.